The van der Waals surface area contributed by atoms with E-state index in [1.54, 1.807) is 67.6 Å². The molecule has 0 aliphatic carbocycles. The Kier molecular flexibility index (Phi) is 7.20. The molecule has 1 N–H and O–H groups in total. The summed E-state index contributed by atoms with van der Waals surface area (Å²) in [4.78, 5) is 13.0. The molecule has 0 spiro atoms. The molecule has 3 aromatic carbocycles. The second-order valence-corrected chi connectivity index (χ2v) is 9.03. The SMILES string of the molecule is CCOc1ccccc1NC(=O)CN(c1ccc(Cl)cc1C)S(=O)(=O)c1ccccc1. The molecule has 0 aromatic heterocycles. The summed E-state index contributed by atoms with van der Waals surface area (Å²) < 4.78 is 33.5. The summed E-state index contributed by atoms with van der Waals surface area (Å²) in [5, 5.41) is 3.23. The molecule has 0 bridgehead atoms. The van der Waals surface area contributed by atoms with Crippen molar-refractivity contribution in [2.24, 2.45) is 0 Å². The highest BCUT2D eigenvalue weighted by Gasteiger charge is 2.28. The largest absolute Gasteiger partial charge is 0.492 e. The Hall–Kier alpha value is -3.03. The van der Waals surface area contributed by atoms with Gasteiger partial charge in [0.05, 0.1) is 22.9 Å². The number of benzene rings is 3. The fourth-order valence-electron chi connectivity index (χ4n) is 3.09. The van der Waals surface area contributed by atoms with Gasteiger partial charge in [-0.2, -0.15) is 0 Å². The molecular formula is C23H23ClN2O4S. The average Bonchev–Trinajstić information content (AvgIpc) is 2.75. The summed E-state index contributed by atoms with van der Waals surface area (Å²) in [5.41, 5.74) is 1.48. The molecule has 0 aliphatic rings. The molecule has 0 aliphatic heterocycles. The number of nitrogens with one attached hydrogen (secondary N) is 1. The highest BCUT2D eigenvalue weighted by molar-refractivity contribution is 7.92. The number of halogens is 1. The first kappa shape index (κ1) is 22.7. The van der Waals surface area contributed by atoms with Gasteiger partial charge in [-0.05, 0) is 61.9 Å². The van der Waals surface area contributed by atoms with E-state index in [4.69, 9.17) is 16.3 Å². The highest BCUT2D eigenvalue weighted by atomic mass is 35.5. The number of anilines is 2. The molecule has 0 fully saturated rings. The van der Waals surface area contributed by atoms with Crippen LogP contribution in [0.3, 0.4) is 0 Å². The van der Waals surface area contributed by atoms with Gasteiger partial charge in [0, 0.05) is 5.02 Å². The summed E-state index contributed by atoms with van der Waals surface area (Å²) in [6.07, 6.45) is 0. The van der Waals surface area contributed by atoms with E-state index in [0.29, 0.717) is 34.3 Å². The predicted octanol–water partition coefficient (Wildman–Crippen LogP) is 4.88. The summed E-state index contributed by atoms with van der Waals surface area (Å²) in [6.45, 7) is 3.61. The summed E-state index contributed by atoms with van der Waals surface area (Å²) in [6, 6.07) is 19.8. The molecule has 3 rings (SSSR count). The van der Waals surface area contributed by atoms with Crippen LogP contribution in [0.5, 0.6) is 5.75 Å². The van der Waals surface area contributed by atoms with Crippen molar-refractivity contribution in [3.05, 3.63) is 83.4 Å². The van der Waals surface area contributed by atoms with Crippen LogP contribution < -0.4 is 14.4 Å². The third-order valence-corrected chi connectivity index (χ3v) is 6.52. The quantitative estimate of drug-likeness (QED) is 0.522. The van der Waals surface area contributed by atoms with Crippen molar-refractivity contribution in [1.29, 1.82) is 0 Å². The molecule has 162 valence electrons. The third-order valence-electron chi connectivity index (χ3n) is 4.51. The summed E-state index contributed by atoms with van der Waals surface area (Å²) >= 11 is 6.05. The van der Waals surface area contributed by atoms with Crippen LogP contribution in [0.15, 0.2) is 77.7 Å². The molecule has 3 aromatic rings. The normalized spacial score (nSPS) is 11.1. The Morgan fingerprint density at radius 3 is 2.39 bits per heavy atom. The molecule has 0 saturated heterocycles. The number of hydrogen-bond acceptors (Lipinski definition) is 4. The number of hydrogen-bond donors (Lipinski definition) is 1. The number of sulfonamides is 1. The molecule has 0 saturated carbocycles. The predicted molar refractivity (Wildman–Crippen MR) is 123 cm³/mol. The van der Waals surface area contributed by atoms with E-state index in [1.165, 1.54) is 12.1 Å². The molecule has 0 radical (unpaired) electrons. The van der Waals surface area contributed by atoms with Crippen LogP contribution >= 0.6 is 11.6 Å². The monoisotopic (exact) mass is 458 g/mol. The smallest absolute Gasteiger partial charge is 0.264 e. The lowest BCUT2D eigenvalue weighted by atomic mass is 10.2. The van der Waals surface area contributed by atoms with Gasteiger partial charge in [0.25, 0.3) is 10.0 Å². The van der Waals surface area contributed by atoms with Crippen LogP contribution in [0.1, 0.15) is 12.5 Å². The minimum Gasteiger partial charge on any atom is -0.492 e. The standard InChI is InChI=1S/C23H23ClN2O4S/c1-3-30-22-12-8-7-11-20(22)25-23(27)16-26(21-14-13-18(24)15-17(21)2)31(28,29)19-9-5-4-6-10-19/h4-15H,3,16H2,1-2H3,(H,25,27). The van der Waals surface area contributed by atoms with Crippen molar-refractivity contribution in [2.75, 3.05) is 22.8 Å². The lowest BCUT2D eigenvalue weighted by molar-refractivity contribution is -0.114. The van der Waals surface area contributed by atoms with Crippen molar-refractivity contribution in [2.45, 2.75) is 18.7 Å². The van der Waals surface area contributed by atoms with Crippen molar-refractivity contribution in [1.82, 2.24) is 0 Å². The first-order chi connectivity index (χ1) is 14.8. The molecule has 8 heteroatoms. The van der Waals surface area contributed by atoms with Gasteiger partial charge in [-0.15, -0.1) is 0 Å². The maximum absolute atomic E-state index is 13.4. The van der Waals surface area contributed by atoms with Gasteiger partial charge in [-0.3, -0.25) is 9.10 Å². The van der Waals surface area contributed by atoms with Crippen LogP contribution in [0.25, 0.3) is 0 Å². The maximum atomic E-state index is 13.4. The Balaban J connectivity index is 1.97. The first-order valence-corrected chi connectivity index (χ1v) is 11.5. The average molecular weight is 459 g/mol. The van der Waals surface area contributed by atoms with E-state index >= 15 is 0 Å². The zero-order valence-electron chi connectivity index (χ0n) is 17.2. The molecule has 1 amide bonds. The van der Waals surface area contributed by atoms with E-state index in [-0.39, 0.29) is 4.90 Å². The second-order valence-electron chi connectivity index (χ2n) is 6.73. The number of amides is 1. The van der Waals surface area contributed by atoms with E-state index in [1.807, 2.05) is 6.92 Å². The molecule has 0 heterocycles. The molecule has 31 heavy (non-hydrogen) atoms. The number of carbonyl (C=O) groups is 1. The van der Waals surface area contributed by atoms with Crippen LogP contribution in [-0.2, 0) is 14.8 Å². The zero-order valence-corrected chi connectivity index (χ0v) is 18.8. The van der Waals surface area contributed by atoms with E-state index in [9.17, 15) is 13.2 Å². The van der Waals surface area contributed by atoms with Gasteiger partial charge in [-0.25, -0.2) is 8.42 Å². The topological polar surface area (TPSA) is 75.7 Å². The Morgan fingerprint density at radius 2 is 1.71 bits per heavy atom. The third kappa shape index (κ3) is 5.37. The van der Waals surface area contributed by atoms with Crippen LogP contribution in [-0.4, -0.2) is 27.5 Å². The zero-order chi connectivity index (χ0) is 22.4. The second kappa shape index (κ2) is 9.85. The number of aryl methyl sites for hydroxylation is 1. The minimum atomic E-state index is -4.00. The molecule has 0 atom stereocenters. The Labute approximate surface area is 187 Å². The molecule has 0 unspecified atom stereocenters. The van der Waals surface area contributed by atoms with Crippen molar-refractivity contribution < 1.29 is 17.9 Å². The number of ether oxygens (including phenoxy) is 1. The van der Waals surface area contributed by atoms with Crippen molar-refractivity contribution in [3.63, 3.8) is 0 Å². The fraction of sp³-hybridized carbons (Fsp3) is 0.174. The number of nitrogens with zero attached hydrogens (tertiary/aromatic N) is 1. The van der Waals surface area contributed by atoms with Crippen LogP contribution in [0.4, 0.5) is 11.4 Å². The Bertz CT molecular complexity index is 1170. The lowest BCUT2D eigenvalue weighted by Crippen LogP contribution is -2.38. The van der Waals surface area contributed by atoms with Crippen molar-refractivity contribution >= 4 is 38.9 Å². The Morgan fingerprint density at radius 1 is 1.03 bits per heavy atom. The minimum absolute atomic E-state index is 0.0897. The molecule has 6 nitrogen and oxygen atoms in total. The van der Waals surface area contributed by atoms with Crippen LogP contribution in [0, 0.1) is 6.92 Å². The summed E-state index contributed by atoms with van der Waals surface area (Å²) in [5.74, 6) is 0.0134. The van der Waals surface area contributed by atoms with Gasteiger partial charge in [-0.1, -0.05) is 41.9 Å². The maximum Gasteiger partial charge on any atom is 0.264 e. The van der Waals surface area contributed by atoms with E-state index in [0.717, 1.165) is 4.31 Å². The summed E-state index contributed by atoms with van der Waals surface area (Å²) in [7, 11) is -4.00. The van der Waals surface area contributed by atoms with E-state index < -0.39 is 22.5 Å². The number of rotatable bonds is 8. The highest BCUT2D eigenvalue weighted by Crippen LogP contribution is 2.29. The van der Waals surface area contributed by atoms with E-state index in [2.05, 4.69) is 5.32 Å². The van der Waals surface area contributed by atoms with Gasteiger partial charge in [0.15, 0.2) is 0 Å². The fourth-order valence-corrected chi connectivity index (χ4v) is 4.82. The number of carbonyl (C=O) groups excluding carboxylic acids is 1. The first-order valence-electron chi connectivity index (χ1n) is 9.68. The van der Waals surface area contributed by atoms with Gasteiger partial charge in [0.1, 0.15) is 12.3 Å². The van der Waals surface area contributed by atoms with Crippen molar-refractivity contribution in [3.8, 4) is 5.75 Å². The molecular weight excluding hydrogens is 436 g/mol. The lowest BCUT2D eigenvalue weighted by Gasteiger charge is -2.26. The van der Waals surface area contributed by atoms with Gasteiger partial charge in [0.2, 0.25) is 5.91 Å². The van der Waals surface area contributed by atoms with Crippen LogP contribution in [0.2, 0.25) is 5.02 Å². The number of para-hydroxylation sites is 2. The van der Waals surface area contributed by atoms with Gasteiger partial charge < -0.3 is 10.1 Å². The van der Waals surface area contributed by atoms with Gasteiger partial charge >= 0.3 is 0 Å².